The number of carbonyl (C=O) groups is 1. The van der Waals surface area contributed by atoms with Crippen molar-refractivity contribution in [2.45, 2.75) is 19.9 Å². The second-order valence-electron chi connectivity index (χ2n) is 6.71. The van der Waals surface area contributed by atoms with Gasteiger partial charge in [0.05, 0.1) is 34.5 Å². The van der Waals surface area contributed by atoms with Gasteiger partial charge in [0, 0.05) is 4.88 Å². The van der Waals surface area contributed by atoms with Gasteiger partial charge in [0.25, 0.3) is 5.56 Å². The van der Waals surface area contributed by atoms with Gasteiger partial charge in [0.1, 0.15) is 11.8 Å². The zero-order valence-electron chi connectivity index (χ0n) is 17.0. The maximum absolute atomic E-state index is 13.4. The van der Waals surface area contributed by atoms with Crippen LogP contribution in [-0.4, -0.2) is 24.3 Å². The van der Waals surface area contributed by atoms with Crippen LogP contribution < -0.4 is 19.6 Å². The first-order valence-electron chi connectivity index (χ1n) is 9.51. The Morgan fingerprint density at radius 3 is 2.81 bits per heavy atom. The molecule has 1 aliphatic rings. The summed E-state index contributed by atoms with van der Waals surface area (Å²) in [5.41, 5.74) is 1.49. The van der Waals surface area contributed by atoms with Crippen LogP contribution in [0.2, 0.25) is 5.02 Å². The highest BCUT2D eigenvalue weighted by molar-refractivity contribution is 7.10. The quantitative estimate of drug-likeness (QED) is 0.530. The molecular weight excluding hydrogens is 456 g/mol. The van der Waals surface area contributed by atoms with Crippen molar-refractivity contribution in [1.29, 1.82) is 0 Å². The SMILES string of the molecule is CCOC(=O)C1=C(C)N=c2s/c(=C/c3ccc(OC)c(Cl)c3)c(=O)n2[C@H]1c1cccs1. The van der Waals surface area contributed by atoms with E-state index in [0.717, 1.165) is 10.4 Å². The molecule has 0 spiro atoms. The lowest BCUT2D eigenvalue weighted by molar-refractivity contribution is -0.139. The number of benzene rings is 1. The number of carbonyl (C=O) groups excluding carboxylic acids is 1. The molecule has 0 aliphatic carbocycles. The van der Waals surface area contributed by atoms with Crippen molar-refractivity contribution >= 4 is 46.3 Å². The van der Waals surface area contributed by atoms with Crippen molar-refractivity contribution in [3.05, 3.63) is 82.1 Å². The number of hydrogen-bond donors (Lipinski definition) is 0. The zero-order valence-corrected chi connectivity index (χ0v) is 19.4. The molecule has 4 rings (SSSR count). The van der Waals surface area contributed by atoms with Crippen LogP contribution in [0.15, 0.2) is 56.8 Å². The summed E-state index contributed by atoms with van der Waals surface area (Å²) in [4.78, 5) is 32.1. The summed E-state index contributed by atoms with van der Waals surface area (Å²) in [6.45, 7) is 3.77. The number of esters is 1. The molecule has 0 radical (unpaired) electrons. The summed E-state index contributed by atoms with van der Waals surface area (Å²) in [6.07, 6.45) is 1.77. The third-order valence-corrected chi connectivity index (χ3v) is 7.01. The third-order valence-electron chi connectivity index (χ3n) is 4.80. The average molecular weight is 475 g/mol. The molecule has 1 atom stereocenters. The number of thiazole rings is 1. The van der Waals surface area contributed by atoms with Crippen LogP contribution in [0.5, 0.6) is 5.75 Å². The lowest BCUT2D eigenvalue weighted by Crippen LogP contribution is -2.39. The van der Waals surface area contributed by atoms with E-state index in [2.05, 4.69) is 4.99 Å². The van der Waals surface area contributed by atoms with Crippen molar-refractivity contribution in [2.75, 3.05) is 13.7 Å². The van der Waals surface area contributed by atoms with E-state index in [1.807, 2.05) is 23.6 Å². The molecule has 0 bridgehead atoms. The van der Waals surface area contributed by atoms with Gasteiger partial charge in [0.2, 0.25) is 0 Å². The number of allylic oxidation sites excluding steroid dienone is 1. The van der Waals surface area contributed by atoms with Gasteiger partial charge < -0.3 is 9.47 Å². The van der Waals surface area contributed by atoms with Gasteiger partial charge in [-0.15, -0.1) is 11.3 Å². The van der Waals surface area contributed by atoms with Crippen molar-refractivity contribution in [2.24, 2.45) is 4.99 Å². The third kappa shape index (κ3) is 3.98. The second kappa shape index (κ2) is 8.82. The lowest BCUT2D eigenvalue weighted by atomic mass is 10.0. The fourth-order valence-corrected chi connectivity index (χ4v) is 5.57. The number of halogens is 1. The molecule has 0 saturated heterocycles. The number of fused-ring (bicyclic) bond motifs is 1. The topological polar surface area (TPSA) is 69.9 Å². The van der Waals surface area contributed by atoms with E-state index in [1.54, 1.807) is 43.7 Å². The molecule has 3 aromatic rings. The molecular formula is C22H19ClN2O4S2. The first-order valence-corrected chi connectivity index (χ1v) is 11.6. The minimum absolute atomic E-state index is 0.219. The summed E-state index contributed by atoms with van der Waals surface area (Å²) >= 11 is 8.99. The summed E-state index contributed by atoms with van der Waals surface area (Å²) in [7, 11) is 1.55. The van der Waals surface area contributed by atoms with Crippen molar-refractivity contribution in [1.82, 2.24) is 4.57 Å². The van der Waals surface area contributed by atoms with Gasteiger partial charge in [-0.2, -0.15) is 0 Å². The molecule has 6 nitrogen and oxygen atoms in total. The van der Waals surface area contributed by atoms with Crippen LogP contribution in [-0.2, 0) is 9.53 Å². The van der Waals surface area contributed by atoms with Crippen LogP contribution in [0.1, 0.15) is 30.3 Å². The summed E-state index contributed by atoms with van der Waals surface area (Å²) in [6, 6.07) is 8.56. The van der Waals surface area contributed by atoms with Crippen LogP contribution >= 0.6 is 34.3 Å². The van der Waals surface area contributed by atoms with Crippen LogP contribution in [0.4, 0.5) is 0 Å². The molecule has 1 aliphatic heterocycles. The van der Waals surface area contributed by atoms with E-state index < -0.39 is 12.0 Å². The van der Waals surface area contributed by atoms with Crippen LogP contribution in [0.25, 0.3) is 6.08 Å². The van der Waals surface area contributed by atoms with E-state index in [1.165, 1.54) is 22.7 Å². The molecule has 31 heavy (non-hydrogen) atoms. The monoisotopic (exact) mass is 474 g/mol. The van der Waals surface area contributed by atoms with E-state index in [9.17, 15) is 9.59 Å². The minimum atomic E-state index is -0.572. The Morgan fingerprint density at radius 2 is 2.16 bits per heavy atom. The van der Waals surface area contributed by atoms with Gasteiger partial charge in [-0.3, -0.25) is 9.36 Å². The predicted octanol–water partition coefficient (Wildman–Crippen LogP) is 3.52. The Hall–Kier alpha value is -2.68. The molecule has 0 N–H and O–H groups in total. The molecule has 160 valence electrons. The molecule has 0 amide bonds. The summed E-state index contributed by atoms with van der Waals surface area (Å²) < 4.78 is 12.5. The van der Waals surface area contributed by atoms with Crippen LogP contribution in [0, 0.1) is 0 Å². The Bertz CT molecular complexity index is 1350. The number of nitrogens with zero attached hydrogens (tertiary/aromatic N) is 2. The number of hydrogen-bond acceptors (Lipinski definition) is 7. The Kier molecular flexibility index (Phi) is 6.13. The van der Waals surface area contributed by atoms with Crippen LogP contribution in [0.3, 0.4) is 0 Å². The van der Waals surface area contributed by atoms with E-state index in [4.69, 9.17) is 21.1 Å². The van der Waals surface area contributed by atoms with Crippen molar-refractivity contribution in [3.63, 3.8) is 0 Å². The highest BCUT2D eigenvalue weighted by atomic mass is 35.5. The summed E-state index contributed by atoms with van der Waals surface area (Å²) in [5.74, 6) is 0.103. The maximum Gasteiger partial charge on any atom is 0.338 e. The standard InChI is InChI=1S/C22H19ClN2O4S2/c1-4-29-21(27)18-12(2)24-22-25(19(18)16-6-5-9-30-16)20(26)17(31-22)11-13-7-8-15(28-3)14(23)10-13/h5-11,19H,4H2,1-3H3/b17-11+/t19-/m0/s1. The summed E-state index contributed by atoms with van der Waals surface area (Å²) in [5, 5.41) is 2.38. The molecule has 0 saturated carbocycles. The fourth-order valence-electron chi connectivity index (χ4n) is 3.43. The van der Waals surface area contributed by atoms with Gasteiger partial charge in [-0.05, 0) is 49.1 Å². The molecule has 1 aromatic carbocycles. The number of methoxy groups -OCH3 is 1. The molecule has 2 aromatic heterocycles. The number of thiophene rings is 1. The highest BCUT2D eigenvalue weighted by Gasteiger charge is 2.33. The van der Waals surface area contributed by atoms with Gasteiger partial charge in [0.15, 0.2) is 4.80 Å². The van der Waals surface area contributed by atoms with Gasteiger partial charge >= 0.3 is 5.97 Å². The Morgan fingerprint density at radius 1 is 1.35 bits per heavy atom. The molecule has 0 unspecified atom stereocenters. The first kappa shape index (κ1) is 21.5. The van der Waals surface area contributed by atoms with E-state index in [0.29, 0.717) is 31.4 Å². The minimum Gasteiger partial charge on any atom is -0.495 e. The molecule has 0 fully saturated rings. The van der Waals surface area contributed by atoms with Gasteiger partial charge in [-0.25, -0.2) is 9.79 Å². The maximum atomic E-state index is 13.4. The van der Waals surface area contributed by atoms with E-state index >= 15 is 0 Å². The zero-order chi connectivity index (χ0) is 22.1. The first-order chi connectivity index (χ1) is 14.9. The second-order valence-corrected chi connectivity index (χ2v) is 9.11. The van der Waals surface area contributed by atoms with E-state index in [-0.39, 0.29) is 12.2 Å². The number of ether oxygens (including phenoxy) is 2. The predicted molar refractivity (Wildman–Crippen MR) is 123 cm³/mol. The average Bonchev–Trinajstić information content (AvgIpc) is 3.36. The fraction of sp³-hybridized carbons (Fsp3) is 0.227. The Balaban J connectivity index is 1.91. The normalized spacial score (nSPS) is 16.1. The number of rotatable bonds is 5. The molecule has 9 heteroatoms. The lowest BCUT2D eigenvalue weighted by Gasteiger charge is -2.23. The molecule has 3 heterocycles. The Labute approximate surface area is 191 Å². The van der Waals surface area contributed by atoms with Crippen molar-refractivity contribution < 1.29 is 14.3 Å². The van der Waals surface area contributed by atoms with Crippen molar-refractivity contribution in [3.8, 4) is 5.75 Å². The number of aromatic nitrogens is 1. The van der Waals surface area contributed by atoms with Gasteiger partial charge in [-0.1, -0.05) is 35.1 Å². The smallest absolute Gasteiger partial charge is 0.338 e. The largest absolute Gasteiger partial charge is 0.495 e. The highest BCUT2D eigenvalue weighted by Crippen LogP contribution is 2.33.